The zero-order valence-electron chi connectivity index (χ0n) is 9.68. The number of aromatic nitrogens is 2. The molecule has 5 nitrogen and oxygen atoms in total. The first-order valence-electron chi connectivity index (χ1n) is 5.53. The summed E-state index contributed by atoms with van der Waals surface area (Å²) in [6.07, 6.45) is 1.50. The number of hydrogen-bond acceptors (Lipinski definition) is 5. The lowest BCUT2D eigenvalue weighted by Crippen LogP contribution is -2.00. The van der Waals surface area contributed by atoms with Gasteiger partial charge in [-0.15, -0.1) is 10.2 Å². The fourth-order valence-corrected chi connectivity index (χ4v) is 1.57. The molecular weight excluding hydrogens is 218 g/mol. The van der Waals surface area contributed by atoms with E-state index in [1.54, 1.807) is 12.1 Å². The molecule has 90 valence electrons. The molecule has 0 bridgehead atoms. The van der Waals surface area contributed by atoms with Crippen molar-refractivity contribution in [3.63, 3.8) is 0 Å². The van der Waals surface area contributed by atoms with Crippen molar-refractivity contribution in [1.82, 2.24) is 10.2 Å². The van der Waals surface area contributed by atoms with E-state index in [1.165, 1.54) is 0 Å². The van der Waals surface area contributed by atoms with Crippen LogP contribution in [0.15, 0.2) is 22.6 Å². The van der Waals surface area contributed by atoms with Crippen LogP contribution < -0.4 is 5.73 Å². The van der Waals surface area contributed by atoms with E-state index < -0.39 is 0 Å². The number of aromatic hydroxyl groups is 1. The van der Waals surface area contributed by atoms with Crippen molar-refractivity contribution >= 4 is 0 Å². The number of nitrogens with two attached hydrogens (primary N) is 1. The molecule has 0 amide bonds. The van der Waals surface area contributed by atoms with Gasteiger partial charge in [0, 0.05) is 17.5 Å². The smallest absolute Gasteiger partial charge is 0.248 e. The first-order valence-corrected chi connectivity index (χ1v) is 5.53. The van der Waals surface area contributed by atoms with Crippen LogP contribution in [0.2, 0.25) is 0 Å². The van der Waals surface area contributed by atoms with Gasteiger partial charge in [-0.1, -0.05) is 6.07 Å². The molecule has 5 heteroatoms. The van der Waals surface area contributed by atoms with Gasteiger partial charge in [-0.2, -0.15) is 0 Å². The van der Waals surface area contributed by atoms with Crippen LogP contribution in [0.3, 0.4) is 0 Å². The molecule has 0 spiro atoms. The summed E-state index contributed by atoms with van der Waals surface area (Å²) in [4.78, 5) is 0. The van der Waals surface area contributed by atoms with Crippen molar-refractivity contribution in [2.75, 3.05) is 6.54 Å². The maximum absolute atomic E-state index is 9.60. The van der Waals surface area contributed by atoms with Gasteiger partial charge in [-0.3, -0.25) is 0 Å². The number of phenols is 1. The van der Waals surface area contributed by atoms with E-state index in [0.717, 1.165) is 17.5 Å². The lowest BCUT2D eigenvalue weighted by molar-refractivity contribution is 0.469. The summed E-state index contributed by atoms with van der Waals surface area (Å²) in [5.41, 5.74) is 6.91. The Balaban J connectivity index is 2.27. The van der Waals surface area contributed by atoms with Crippen LogP contribution in [0.1, 0.15) is 17.9 Å². The SMILES string of the molecule is Cc1c(O)cccc1-c1nnc(CCCN)o1. The minimum absolute atomic E-state index is 0.226. The fourth-order valence-electron chi connectivity index (χ4n) is 1.57. The molecule has 1 aromatic heterocycles. The van der Waals surface area contributed by atoms with Gasteiger partial charge >= 0.3 is 0 Å². The van der Waals surface area contributed by atoms with Gasteiger partial charge in [0.15, 0.2) is 0 Å². The molecule has 0 fully saturated rings. The summed E-state index contributed by atoms with van der Waals surface area (Å²) in [6.45, 7) is 2.41. The number of phenolic OH excluding ortho intramolecular Hbond substituents is 1. The van der Waals surface area contributed by atoms with Crippen molar-refractivity contribution in [2.45, 2.75) is 19.8 Å². The molecule has 17 heavy (non-hydrogen) atoms. The first kappa shape index (κ1) is 11.6. The molecule has 2 rings (SSSR count). The van der Waals surface area contributed by atoms with Crippen molar-refractivity contribution in [3.8, 4) is 17.2 Å². The zero-order valence-corrected chi connectivity index (χ0v) is 9.68. The van der Waals surface area contributed by atoms with E-state index in [2.05, 4.69) is 10.2 Å². The van der Waals surface area contributed by atoms with E-state index in [-0.39, 0.29) is 5.75 Å². The van der Waals surface area contributed by atoms with Gasteiger partial charge in [0.1, 0.15) is 5.75 Å². The van der Waals surface area contributed by atoms with Crippen LogP contribution in [0.5, 0.6) is 5.75 Å². The third kappa shape index (κ3) is 2.45. The molecule has 0 aliphatic rings. The molecule has 0 aliphatic heterocycles. The van der Waals surface area contributed by atoms with Crippen LogP contribution in [-0.4, -0.2) is 21.8 Å². The summed E-state index contributed by atoms with van der Waals surface area (Å²) in [7, 11) is 0. The highest BCUT2D eigenvalue weighted by molar-refractivity contribution is 5.61. The second-order valence-electron chi connectivity index (χ2n) is 3.84. The largest absolute Gasteiger partial charge is 0.508 e. The normalized spacial score (nSPS) is 10.7. The Morgan fingerprint density at radius 3 is 2.94 bits per heavy atom. The van der Waals surface area contributed by atoms with E-state index in [1.807, 2.05) is 13.0 Å². The van der Waals surface area contributed by atoms with Gasteiger partial charge in [-0.05, 0) is 32.0 Å². The van der Waals surface area contributed by atoms with Crippen LogP contribution in [-0.2, 0) is 6.42 Å². The Kier molecular flexibility index (Phi) is 3.39. The Morgan fingerprint density at radius 1 is 1.35 bits per heavy atom. The lowest BCUT2D eigenvalue weighted by atomic mass is 10.1. The second-order valence-corrected chi connectivity index (χ2v) is 3.84. The monoisotopic (exact) mass is 233 g/mol. The lowest BCUT2D eigenvalue weighted by Gasteiger charge is -2.02. The minimum atomic E-state index is 0.226. The van der Waals surface area contributed by atoms with E-state index in [4.69, 9.17) is 10.2 Å². The van der Waals surface area contributed by atoms with E-state index in [0.29, 0.717) is 24.7 Å². The van der Waals surface area contributed by atoms with Gasteiger partial charge in [0.2, 0.25) is 11.8 Å². The predicted molar refractivity (Wildman–Crippen MR) is 63.5 cm³/mol. The molecule has 0 saturated carbocycles. The summed E-state index contributed by atoms with van der Waals surface area (Å²) < 4.78 is 5.52. The summed E-state index contributed by atoms with van der Waals surface area (Å²) in [5, 5.41) is 17.5. The average molecular weight is 233 g/mol. The Hall–Kier alpha value is -1.88. The van der Waals surface area contributed by atoms with Crippen LogP contribution in [0.25, 0.3) is 11.5 Å². The molecule has 0 atom stereocenters. The average Bonchev–Trinajstić information content (AvgIpc) is 2.78. The molecule has 0 aliphatic carbocycles. The quantitative estimate of drug-likeness (QED) is 0.838. The van der Waals surface area contributed by atoms with Crippen LogP contribution in [0.4, 0.5) is 0 Å². The number of aryl methyl sites for hydroxylation is 1. The van der Waals surface area contributed by atoms with Gasteiger partial charge in [0.25, 0.3) is 0 Å². The molecule has 0 radical (unpaired) electrons. The Bertz CT molecular complexity index is 508. The zero-order chi connectivity index (χ0) is 12.3. The maximum Gasteiger partial charge on any atom is 0.248 e. The third-order valence-electron chi connectivity index (χ3n) is 2.60. The standard InChI is InChI=1S/C12H15N3O2/c1-8-9(4-2-5-10(8)16)12-15-14-11(17-12)6-3-7-13/h2,4-5,16H,3,6-7,13H2,1H3. The molecule has 1 aromatic carbocycles. The Morgan fingerprint density at radius 2 is 2.18 bits per heavy atom. The molecule has 0 saturated heterocycles. The highest BCUT2D eigenvalue weighted by atomic mass is 16.4. The molecular formula is C12H15N3O2. The van der Waals surface area contributed by atoms with Crippen LogP contribution >= 0.6 is 0 Å². The second kappa shape index (κ2) is 4.97. The van der Waals surface area contributed by atoms with Crippen molar-refractivity contribution in [2.24, 2.45) is 5.73 Å². The number of benzene rings is 1. The highest BCUT2D eigenvalue weighted by Gasteiger charge is 2.12. The number of rotatable bonds is 4. The van der Waals surface area contributed by atoms with Crippen molar-refractivity contribution in [3.05, 3.63) is 29.7 Å². The van der Waals surface area contributed by atoms with Crippen LogP contribution in [0, 0.1) is 6.92 Å². The summed E-state index contributed by atoms with van der Waals surface area (Å²) in [5.74, 6) is 1.24. The summed E-state index contributed by atoms with van der Waals surface area (Å²) in [6, 6.07) is 5.22. The number of nitrogens with zero attached hydrogens (tertiary/aromatic N) is 2. The van der Waals surface area contributed by atoms with Crippen molar-refractivity contribution < 1.29 is 9.52 Å². The molecule has 0 unspecified atom stereocenters. The third-order valence-corrected chi connectivity index (χ3v) is 2.60. The van der Waals surface area contributed by atoms with E-state index in [9.17, 15) is 5.11 Å². The van der Waals surface area contributed by atoms with E-state index >= 15 is 0 Å². The molecule has 2 aromatic rings. The Labute approximate surface area is 99.3 Å². The highest BCUT2D eigenvalue weighted by Crippen LogP contribution is 2.28. The topological polar surface area (TPSA) is 85.2 Å². The van der Waals surface area contributed by atoms with Crippen molar-refractivity contribution in [1.29, 1.82) is 0 Å². The first-order chi connectivity index (χ1) is 8.22. The van der Waals surface area contributed by atoms with Gasteiger partial charge < -0.3 is 15.3 Å². The van der Waals surface area contributed by atoms with Gasteiger partial charge in [0.05, 0.1) is 0 Å². The number of hydrogen-bond donors (Lipinski definition) is 2. The molecule has 3 N–H and O–H groups in total. The predicted octanol–water partition coefficient (Wildman–Crippen LogP) is 1.64. The minimum Gasteiger partial charge on any atom is -0.508 e. The molecule has 1 heterocycles. The van der Waals surface area contributed by atoms with Gasteiger partial charge in [-0.25, -0.2) is 0 Å². The fraction of sp³-hybridized carbons (Fsp3) is 0.333. The summed E-state index contributed by atoms with van der Waals surface area (Å²) >= 11 is 0. The maximum atomic E-state index is 9.60.